The maximum absolute atomic E-state index is 13.4. The minimum atomic E-state index is -0.409. The van der Waals surface area contributed by atoms with Gasteiger partial charge in [0.25, 0.3) is 0 Å². The van der Waals surface area contributed by atoms with E-state index in [9.17, 15) is 9.18 Å². The van der Waals surface area contributed by atoms with E-state index < -0.39 is 5.82 Å². The first-order valence-electron chi connectivity index (χ1n) is 5.24. The molecule has 2 rings (SSSR count). The Hall–Kier alpha value is -2.11. The molecule has 0 fully saturated rings. The third-order valence-corrected chi connectivity index (χ3v) is 2.60. The van der Waals surface area contributed by atoms with Gasteiger partial charge in [-0.1, -0.05) is 6.07 Å². The van der Waals surface area contributed by atoms with Crippen LogP contribution in [0.25, 0.3) is 11.0 Å². The van der Waals surface area contributed by atoms with Crippen LogP contribution in [0.2, 0.25) is 0 Å². The molecule has 3 N–H and O–H groups in total. The van der Waals surface area contributed by atoms with Crippen LogP contribution in [-0.2, 0) is 11.3 Å². The molecular weight excluding hydrogens is 223 g/mol. The van der Waals surface area contributed by atoms with E-state index in [0.29, 0.717) is 12.1 Å². The van der Waals surface area contributed by atoms with E-state index in [4.69, 9.17) is 5.73 Å². The minimum absolute atomic E-state index is 0.0948. The number of nitrogen functional groups attached to an aromatic ring is 1. The average molecular weight is 236 g/mol. The Morgan fingerprint density at radius 2 is 2.35 bits per heavy atom. The maximum Gasteiger partial charge on any atom is 0.221 e. The number of para-hydroxylation sites is 1. The van der Waals surface area contributed by atoms with Crippen molar-refractivity contribution in [2.75, 3.05) is 12.8 Å². The Labute approximate surface area is 97.4 Å². The Morgan fingerprint density at radius 3 is 3.06 bits per heavy atom. The normalized spacial score (nSPS) is 10.7. The monoisotopic (exact) mass is 236 g/mol. The van der Waals surface area contributed by atoms with Gasteiger partial charge in [-0.25, -0.2) is 9.37 Å². The van der Waals surface area contributed by atoms with Gasteiger partial charge in [0.1, 0.15) is 5.52 Å². The molecular formula is C11H13FN4O. The van der Waals surface area contributed by atoms with Crippen LogP contribution in [-0.4, -0.2) is 22.5 Å². The van der Waals surface area contributed by atoms with E-state index in [1.54, 1.807) is 23.7 Å². The van der Waals surface area contributed by atoms with Gasteiger partial charge >= 0.3 is 0 Å². The number of aromatic nitrogens is 2. The zero-order chi connectivity index (χ0) is 12.4. The molecule has 1 amide bonds. The minimum Gasteiger partial charge on any atom is -0.369 e. The average Bonchev–Trinajstić information content (AvgIpc) is 2.64. The number of aryl methyl sites for hydroxylation is 1. The maximum atomic E-state index is 13.4. The fourth-order valence-corrected chi connectivity index (χ4v) is 1.70. The molecule has 0 aliphatic heterocycles. The second-order valence-corrected chi connectivity index (χ2v) is 3.65. The number of fused-ring (bicyclic) bond motifs is 1. The Bertz CT molecular complexity index is 564. The molecule has 0 atom stereocenters. The Morgan fingerprint density at radius 1 is 1.59 bits per heavy atom. The lowest BCUT2D eigenvalue weighted by Gasteiger charge is -2.05. The summed E-state index contributed by atoms with van der Waals surface area (Å²) in [5, 5.41) is 2.52. The standard InChI is InChI=1S/C11H13FN4O/c1-14-9(17)5-6-16-8-4-2-3-7(12)10(8)15-11(16)13/h2-4H,5-6H2,1H3,(H2,13,15)(H,14,17). The number of carbonyl (C=O) groups excluding carboxylic acids is 1. The molecule has 1 aromatic heterocycles. The highest BCUT2D eigenvalue weighted by Gasteiger charge is 2.11. The third-order valence-electron chi connectivity index (χ3n) is 2.60. The summed E-state index contributed by atoms with van der Waals surface area (Å²) >= 11 is 0. The van der Waals surface area contributed by atoms with Gasteiger partial charge in [0, 0.05) is 20.0 Å². The van der Waals surface area contributed by atoms with Crippen LogP contribution < -0.4 is 11.1 Å². The number of benzene rings is 1. The van der Waals surface area contributed by atoms with Crippen molar-refractivity contribution < 1.29 is 9.18 Å². The SMILES string of the molecule is CNC(=O)CCn1c(N)nc2c(F)cccc21. The van der Waals surface area contributed by atoms with Gasteiger partial charge in [0.15, 0.2) is 5.82 Å². The lowest BCUT2D eigenvalue weighted by Crippen LogP contribution is -2.19. The zero-order valence-electron chi connectivity index (χ0n) is 9.40. The van der Waals surface area contributed by atoms with E-state index >= 15 is 0 Å². The first-order chi connectivity index (χ1) is 8.13. The summed E-state index contributed by atoms with van der Waals surface area (Å²) in [6.07, 6.45) is 0.280. The summed E-state index contributed by atoms with van der Waals surface area (Å²) in [6, 6.07) is 4.65. The molecule has 1 heterocycles. The molecule has 0 spiro atoms. The molecule has 2 aromatic rings. The summed E-state index contributed by atoms with van der Waals surface area (Å²) in [5.41, 5.74) is 6.54. The third kappa shape index (κ3) is 2.06. The van der Waals surface area contributed by atoms with E-state index in [0.717, 1.165) is 0 Å². The number of anilines is 1. The molecule has 0 aliphatic rings. The molecule has 0 unspecified atom stereocenters. The molecule has 0 saturated carbocycles. The number of hydrogen-bond donors (Lipinski definition) is 2. The first-order valence-corrected chi connectivity index (χ1v) is 5.24. The summed E-state index contributed by atoms with van der Waals surface area (Å²) < 4.78 is 15.1. The molecule has 6 heteroatoms. The van der Waals surface area contributed by atoms with E-state index in [1.165, 1.54) is 6.07 Å². The molecule has 0 radical (unpaired) electrons. The van der Waals surface area contributed by atoms with Crippen LogP contribution in [0.4, 0.5) is 10.3 Å². The predicted octanol–water partition coefficient (Wildman–Crippen LogP) is 0.894. The van der Waals surface area contributed by atoms with Gasteiger partial charge in [-0.15, -0.1) is 0 Å². The molecule has 17 heavy (non-hydrogen) atoms. The van der Waals surface area contributed by atoms with Crippen LogP contribution in [0.3, 0.4) is 0 Å². The highest BCUT2D eigenvalue weighted by Crippen LogP contribution is 2.20. The summed E-state index contributed by atoms with van der Waals surface area (Å²) in [5.74, 6) is -0.287. The second-order valence-electron chi connectivity index (χ2n) is 3.65. The van der Waals surface area contributed by atoms with E-state index in [-0.39, 0.29) is 23.8 Å². The zero-order valence-corrected chi connectivity index (χ0v) is 9.40. The molecule has 5 nitrogen and oxygen atoms in total. The number of imidazole rings is 1. The van der Waals surface area contributed by atoms with Crippen molar-refractivity contribution in [2.45, 2.75) is 13.0 Å². The summed E-state index contributed by atoms with van der Waals surface area (Å²) in [6.45, 7) is 0.380. The largest absolute Gasteiger partial charge is 0.369 e. The molecule has 0 aliphatic carbocycles. The highest BCUT2D eigenvalue weighted by molar-refractivity contribution is 5.79. The quantitative estimate of drug-likeness (QED) is 0.831. The van der Waals surface area contributed by atoms with E-state index in [1.807, 2.05) is 0 Å². The number of rotatable bonds is 3. The topological polar surface area (TPSA) is 72.9 Å². The van der Waals surface area contributed by atoms with Crippen molar-refractivity contribution in [1.29, 1.82) is 0 Å². The molecule has 0 bridgehead atoms. The molecule has 0 saturated heterocycles. The van der Waals surface area contributed by atoms with Crippen LogP contribution in [0.15, 0.2) is 18.2 Å². The first kappa shape index (κ1) is 11.4. The molecule has 90 valence electrons. The van der Waals surface area contributed by atoms with Crippen LogP contribution in [0, 0.1) is 5.82 Å². The van der Waals surface area contributed by atoms with Crippen molar-refractivity contribution in [2.24, 2.45) is 0 Å². The second kappa shape index (κ2) is 4.40. The van der Waals surface area contributed by atoms with Crippen molar-refractivity contribution in [3.8, 4) is 0 Å². The summed E-state index contributed by atoms with van der Waals surface area (Å²) in [7, 11) is 1.57. The van der Waals surface area contributed by atoms with Crippen LogP contribution in [0.5, 0.6) is 0 Å². The van der Waals surface area contributed by atoms with Crippen molar-refractivity contribution >= 4 is 22.9 Å². The van der Waals surface area contributed by atoms with Crippen molar-refractivity contribution in [3.05, 3.63) is 24.0 Å². The van der Waals surface area contributed by atoms with Gasteiger partial charge < -0.3 is 15.6 Å². The van der Waals surface area contributed by atoms with Crippen LogP contribution >= 0.6 is 0 Å². The fraction of sp³-hybridized carbons (Fsp3) is 0.273. The fourth-order valence-electron chi connectivity index (χ4n) is 1.70. The number of nitrogens with two attached hydrogens (primary N) is 1. The smallest absolute Gasteiger partial charge is 0.221 e. The molecule has 1 aromatic carbocycles. The summed E-state index contributed by atoms with van der Waals surface area (Å²) in [4.78, 5) is 15.1. The number of nitrogens with zero attached hydrogens (tertiary/aromatic N) is 2. The highest BCUT2D eigenvalue weighted by atomic mass is 19.1. The van der Waals surface area contributed by atoms with Crippen molar-refractivity contribution in [1.82, 2.24) is 14.9 Å². The number of halogens is 1. The predicted molar refractivity (Wildman–Crippen MR) is 62.8 cm³/mol. The van der Waals surface area contributed by atoms with Crippen LogP contribution in [0.1, 0.15) is 6.42 Å². The Kier molecular flexibility index (Phi) is 2.95. The lowest BCUT2D eigenvalue weighted by atomic mass is 10.3. The number of nitrogens with one attached hydrogen (secondary N) is 1. The number of carbonyl (C=O) groups is 1. The van der Waals surface area contributed by atoms with Gasteiger partial charge in [0.2, 0.25) is 11.9 Å². The van der Waals surface area contributed by atoms with Gasteiger partial charge in [0.05, 0.1) is 5.52 Å². The van der Waals surface area contributed by atoms with Gasteiger partial charge in [-0.05, 0) is 12.1 Å². The van der Waals surface area contributed by atoms with Gasteiger partial charge in [-0.2, -0.15) is 0 Å². The Balaban J connectivity index is 2.37. The van der Waals surface area contributed by atoms with Gasteiger partial charge in [-0.3, -0.25) is 4.79 Å². The lowest BCUT2D eigenvalue weighted by molar-refractivity contribution is -0.120. The number of hydrogen-bond acceptors (Lipinski definition) is 3. The van der Waals surface area contributed by atoms with Crippen molar-refractivity contribution in [3.63, 3.8) is 0 Å². The number of amides is 1. The van der Waals surface area contributed by atoms with E-state index in [2.05, 4.69) is 10.3 Å².